The molecule has 314 valence electrons. The Labute approximate surface area is 386 Å². The van der Waals surface area contributed by atoms with Crippen molar-refractivity contribution in [3.8, 4) is 44.5 Å². The minimum atomic E-state index is -0.175. The van der Waals surface area contributed by atoms with E-state index in [1.54, 1.807) is 0 Å². The molecule has 11 aromatic rings. The Morgan fingerprint density at radius 2 is 0.848 bits per heavy atom. The Morgan fingerprint density at radius 1 is 0.333 bits per heavy atom. The fraction of sp³-hybridized carbons (Fsp3) is 0.0476. The number of benzene rings is 10. The topological polar surface area (TPSA) is 19.6 Å². The second-order valence-electron chi connectivity index (χ2n) is 17.7. The minimum Gasteiger partial charge on any atom is -0.454 e. The van der Waals surface area contributed by atoms with E-state index in [1.807, 2.05) is 6.07 Å². The first kappa shape index (κ1) is 39.2. The van der Waals surface area contributed by atoms with Gasteiger partial charge in [0.2, 0.25) is 0 Å². The number of hydrogen-bond donors (Lipinski definition) is 0. The highest BCUT2D eigenvalue weighted by atomic mass is 16.3. The van der Waals surface area contributed by atoms with Crippen molar-refractivity contribution in [3.05, 3.63) is 254 Å². The highest BCUT2D eigenvalue weighted by molar-refractivity contribution is 6.10. The second kappa shape index (κ2) is 16.0. The molecule has 66 heavy (non-hydrogen) atoms. The zero-order valence-corrected chi connectivity index (χ0v) is 36.9. The third kappa shape index (κ3) is 6.59. The summed E-state index contributed by atoms with van der Waals surface area (Å²) in [5.74, 6) is 0. The minimum absolute atomic E-state index is 0.175. The second-order valence-corrected chi connectivity index (χ2v) is 17.7. The van der Waals surface area contributed by atoms with E-state index in [9.17, 15) is 0 Å². The van der Waals surface area contributed by atoms with Gasteiger partial charge in [0.05, 0.1) is 5.69 Å². The highest BCUT2D eigenvalue weighted by Crippen LogP contribution is 2.52. The zero-order valence-electron chi connectivity index (χ0n) is 36.9. The van der Waals surface area contributed by atoms with Crippen LogP contribution in [0.2, 0.25) is 0 Å². The summed E-state index contributed by atoms with van der Waals surface area (Å²) in [6, 6.07) is 87.7. The smallest absolute Gasteiger partial charge is 0.159 e. The van der Waals surface area contributed by atoms with Gasteiger partial charge in [-0.2, -0.15) is 0 Å². The first-order chi connectivity index (χ1) is 32.5. The molecule has 0 bridgehead atoms. The Bertz CT molecular complexity index is 3500. The number of nitrogens with zero attached hydrogens (tertiary/aromatic N) is 2. The average molecular weight is 847 g/mol. The molecular formula is C63H46N2O. The summed E-state index contributed by atoms with van der Waals surface area (Å²) < 4.78 is 6.83. The van der Waals surface area contributed by atoms with Gasteiger partial charge in [0, 0.05) is 44.6 Å². The summed E-state index contributed by atoms with van der Waals surface area (Å²) in [4.78, 5) is 4.81. The first-order valence-electron chi connectivity index (χ1n) is 22.8. The zero-order chi connectivity index (χ0) is 44.2. The van der Waals surface area contributed by atoms with E-state index in [0.717, 1.165) is 89.4 Å². The molecule has 12 rings (SSSR count). The van der Waals surface area contributed by atoms with Gasteiger partial charge in [-0.15, -0.1) is 0 Å². The molecule has 1 aliphatic rings. The molecule has 10 aromatic carbocycles. The van der Waals surface area contributed by atoms with Crippen molar-refractivity contribution in [2.75, 3.05) is 9.80 Å². The van der Waals surface area contributed by atoms with Crippen LogP contribution < -0.4 is 9.80 Å². The van der Waals surface area contributed by atoms with E-state index in [0.29, 0.717) is 0 Å². The normalized spacial score (nSPS) is 12.5. The molecule has 0 unspecified atom stereocenters. The van der Waals surface area contributed by atoms with Gasteiger partial charge in [0.1, 0.15) is 5.58 Å². The Balaban J connectivity index is 1.18. The molecule has 3 nitrogen and oxygen atoms in total. The fourth-order valence-corrected chi connectivity index (χ4v) is 10.3. The van der Waals surface area contributed by atoms with Crippen molar-refractivity contribution in [3.63, 3.8) is 0 Å². The maximum absolute atomic E-state index is 6.83. The summed E-state index contributed by atoms with van der Waals surface area (Å²) >= 11 is 0. The largest absolute Gasteiger partial charge is 0.454 e. The van der Waals surface area contributed by atoms with Gasteiger partial charge in [-0.25, -0.2) is 0 Å². The molecule has 0 saturated carbocycles. The van der Waals surface area contributed by atoms with Crippen molar-refractivity contribution in [1.82, 2.24) is 0 Å². The molecule has 0 aliphatic heterocycles. The summed E-state index contributed by atoms with van der Waals surface area (Å²) in [6.45, 7) is 4.71. The van der Waals surface area contributed by atoms with Gasteiger partial charge >= 0.3 is 0 Å². The van der Waals surface area contributed by atoms with E-state index in [4.69, 9.17) is 4.42 Å². The number of para-hydroxylation sites is 4. The molecule has 3 heteroatoms. The molecule has 1 aromatic heterocycles. The molecule has 0 atom stereocenters. The Morgan fingerprint density at radius 3 is 1.53 bits per heavy atom. The van der Waals surface area contributed by atoms with E-state index in [2.05, 4.69) is 260 Å². The third-order valence-electron chi connectivity index (χ3n) is 13.4. The van der Waals surface area contributed by atoms with Crippen molar-refractivity contribution in [1.29, 1.82) is 0 Å². The number of anilines is 6. The van der Waals surface area contributed by atoms with Gasteiger partial charge in [-0.3, -0.25) is 0 Å². The molecule has 0 spiro atoms. The van der Waals surface area contributed by atoms with Gasteiger partial charge in [0.25, 0.3) is 0 Å². The summed E-state index contributed by atoms with van der Waals surface area (Å²) in [7, 11) is 0. The molecule has 0 radical (unpaired) electrons. The van der Waals surface area contributed by atoms with Crippen LogP contribution in [-0.4, -0.2) is 0 Å². The van der Waals surface area contributed by atoms with Gasteiger partial charge in [0.15, 0.2) is 5.58 Å². The van der Waals surface area contributed by atoms with Crippen molar-refractivity contribution in [2.24, 2.45) is 0 Å². The predicted octanol–water partition coefficient (Wildman–Crippen LogP) is 17.8. The van der Waals surface area contributed by atoms with Crippen LogP contribution in [0.4, 0.5) is 34.1 Å². The van der Waals surface area contributed by atoms with Crippen LogP contribution in [-0.2, 0) is 5.41 Å². The van der Waals surface area contributed by atoms with Gasteiger partial charge in [-0.05, 0) is 122 Å². The lowest BCUT2D eigenvalue weighted by molar-refractivity contribution is 0.660. The predicted molar refractivity (Wildman–Crippen MR) is 277 cm³/mol. The Hall–Kier alpha value is -8.40. The van der Waals surface area contributed by atoms with Crippen molar-refractivity contribution < 1.29 is 4.42 Å². The van der Waals surface area contributed by atoms with Gasteiger partial charge < -0.3 is 14.2 Å². The molecule has 1 heterocycles. The molecule has 1 aliphatic carbocycles. The SMILES string of the molecule is CC1(C)c2ccccc2-c2ccc(N(c3ccccc3)c3cc(-c4c(-c5ccccc5)cccc4-c4ccccc4)cc(N(c4ccccc4)c4cccc5c4oc4ccccc45)c3)cc21. The van der Waals surface area contributed by atoms with Crippen LogP contribution in [0.15, 0.2) is 247 Å². The lowest BCUT2D eigenvalue weighted by Gasteiger charge is -2.31. The third-order valence-corrected chi connectivity index (χ3v) is 13.4. The number of hydrogen-bond acceptors (Lipinski definition) is 3. The van der Waals surface area contributed by atoms with Crippen LogP contribution in [0, 0.1) is 0 Å². The van der Waals surface area contributed by atoms with Gasteiger partial charge in [-0.1, -0.05) is 190 Å². The van der Waals surface area contributed by atoms with Crippen molar-refractivity contribution >= 4 is 56.1 Å². The monoisotopic (exact) mass is 846 g/mol. The van der Waals surface area contributed by atoms with E-state index in [1.165, 1.54) is 22.3 Å². The summed E-state index contributed by atoms with van der Waals surface area (Å²) in [6.07, 6.45) is 0. The van der Waals surface area contributed by atoms with Crippen LogP contribution in [0.25, 0.3) is 66.4 Å². The average Bonchev–Trinajstić information content (AvgIpc) is 3.87. The van der Waals surface area contributed by atoms with Crippen LogP contribution in [0.5, 0.6) is 0 Å². The Kier molecular flexibility index (Phi) is 9.50. The van der Waals surface area contributed by atoms with Crippen LogP contribution >= 0.6 is 0 Å². The van der Waals surface area contributed by atoms with Crippen molar-refractivity contribution in [2.45, 2.75) is 19.3 Å². The molecule has 0 amide bonds. The number of fused-ring (bicyclic) bond motifs is 6. The lowest BCUT2D eigenvalue weighted by Crippen LogP contribution is -2.17. The molecular weight excluding hydrogens is 801 g/mol. The maximum Gasteiger partial charge on any atom is 0.159 e. The molecule has 0 saturated heterocycles. The molecule has 0 N–H and O–H groups in total. The van der Waals surface area contributed by atoms with E-state index in [-0.39, 0.29) is 5.41 Å². The van der Waals surface area contributed by atoms with Crippen LogP contribution in [0.3, 0.4) is 0 Å². The first-order valence-corrected chi connectivity index (χ1v) is 22.8. The number of furan rings is 1. The summed E-state index contributed by atoms with van der Waals surface area (Å²) in [5, 5.41) is 2.17. The standard InChI is InChI=1S/C63H46N2O/c1-63(2)57-34-17-15-29-53(57)54-38-37-48(42-58(54)63)64(46-25-11-5-12-26-46)49-39-45(61-51(43-21-7-3-8-22-43)31-19-32-52(61)44-23-9-4-10-24-44)40-50(41-49)65(47-27-13-6-14-28-47)59-35-20-33-56-55-30-16-18-36-60(55)66-62(56)59/h3-42H,1-2H3. The highest BCUT2D eigenvalue weighted by Gasteiger charge is 2.36. The quantitative estimate of drug-likeness (QED) is 0.144. The summed E-state index contributed by atoms with van der Waals surface area (Å²) in [5.41, 5.74) is 19.9. The fourth-order valence-electron chi connectivity index (χ4n) is 10.3. The lowest BCUT2D eigenvalue weighted by atomic mass is 9.82. The van der Waals surface area contributed by atoms with Crippen LogP contribution in [0.1, 0.15) is 25.0 Å². The van der Waals surface area contributed by atoms with E-state index >= 15 is 0 Å². The number of rotatable bonds is 9. The van der Waals surface area contributed by atoms with E-state index < -0.39 is 0 Å². The molecule has 0 fully saturated rings. The maximum atomic E-state index is 6.83.